The Morgan fingerprint density at radius 2 is 1.81 bits per heavy atom. The quantitative estimate of drug-likeness (QED) is 0.672. The number of hydrogen-bond acceptors (Lipinski definition) is 5. The van der Waals surface area contributed by atoms with Crippen molar-refractivity contribution in [3.63, 3.8) is 0 Å². The van der Waals surface area contributed by atoms with Gasteiger partial charge in [0.05, 0.1) is 0 Å². The lowest BCUT2D eigenvalue weighted by atomic mass is 10.2. The molecule has 0 fully saturated rings. The molecule has 5 nitrogen and oxygen atoms in total. The van der Waals surface area contributed by atoms with Gasteiger partial charge in [0.15, 0.2) is 6.61 Å². The molecule has 1 heterocycles. The average molecular weight is 280 g/mol. The zero-order valence-corrected chi connectivity index (χ0v) is 11.1. The second kappa shape index (κ2) is 6.00. The van der Waals surface area contributed by atoms with Crippen LogP contribution in [-0.2, 0) is 6.61 Å². The molecule has 0 N–H and O–H groups in total. The molecule has 0 saturated heterocycles. The van der Waals surface area contributed by atoms with Crippen LogP contribution in [0.15, 0.2) is 59.1 Å². The number of rotatable bonds is 5. The molecule has 3 rings (SSSR count). The lowest BCUT2D eigenvalue weighted by Crippen LogP contribution is -1.95. The van der Waals surface area contributed by atoms with Crippen LogP contribution in [-0.4, -0.2) is 16.4 Å². The summed E-state index contributed by atoms with van der Waals surface area (Å²) in [4.78, 5) is 14.8. The molecular weight excluding hydrogens is 268 g/mol. The van der Waals surface area contributed by atoms with Crippen LogP contribution in [0.5, 0.6) is 5.75 Å². The molecular formula is C16H12N2O3. The Morgan fingerprint density at radius 1 is 1.05 bits per heavy atom. The second-order valence-electron chi connectivity index (χ2n) is 4.35. The van der Waals surface area contributed by atoms with Crippen LogP contribution in [0.3, 0.4) is 0 Å². The molecule has 0 atom stereocenters. The monoisotopic (exact) mass is 280 g/mol. The van der Waals surface area contributed by atoms with Crippen LogP contribution in [0.2, 0.25) is 0 Å². The van der Waals surface area contributed by atoms with Gasteiger partial charge in [-0.25, -0.2) is 0 Å². The van der Waals surface area contributed by atoms with Gasteiger partial charge in [0.25, 0.3) is 5.89 Å². The van der Waals surface area contributed by atoms with E-state index in [1.165, 1.54) is 0 Å². The smallest absolute Gasteiger partial charge is 0.264 e. The summed E-state index contributed by atoms with van der Waals surface area (Å²) in [5, 5.41) is 3.91. The van der Waals surface area contributed by atoms with Gasteiger partial charge >= 0.3 is 0 Å². The van der Waals surface area contributed by atoms with Crippen molar-refractivity contribution in [3.05, 3.63) is 66.1 Å². The first kappa shape index (κ1) is 13.1. The van der Waals surface area contributed by atoms with Gasteiger partial charge in [-0.3, -0.25) is 4.79 Å². The molecule has 104 valence electrons. The van der Waals surface area contributed by atoms with Crippen molar-refractivity contribution >= 4 is 6.29 Å². The molecule has 0 bridgehead atoms. The van der Waals surface area contributed by atoms with Gasteiger partial charge in [0.2, 0.25) is 5.82 Å². The summed E-state index contributed by atoms with van der Waals surface area (Å²) < 4.78 is 10.7. The number of aromatic nitrogens is 2. The molecule has 0 aliphatic carbocycles. The Morgan fingerprint density at radius 3 is 2.52 bits per heavy atom. The zero-order chi connectivity index (χ0) is 14.5. The first-order chi connectivity index (χ1) is 10.3. The second-order valence-corrected chi connectivity index (χ2v) is 4.35. The van der Waals surface area contributed by atoms with E-state index in [0.29, 0.717) is 23.0 Å². The number of ether oxygens (including phenoxy) is 1. The van der Waals surface area contributed by atoms with E-state index in [9.17, 15) is 4.79 Å². The molecule has 0 amide bonds. The Hall–Kier alpha value is -2.95. The first-order valence-electron chi connectivity index (χ1n) is 6.41. The molecule has 0 unspecified atom stereocenters. The highest BCUT2D eigenvalue weighted by atomic mass is 16.5. The fourth-order valence-electron chi connectivity index (χ4n) is 1.81. The lowest BCUT2D eigenvalue weighted by molar-refractivity contribution is 0.112. The highest BCUT2D eigenvalue weighted by Gasteiger charge is 2.08. The topological polar surface area (TPSA) is 65.2 Å². The molecule has 3 aromatic rings. The lowest BCUT2D eigenvalue weighted by Gasteiger charge is -2.02. The summed E-state index contributed by atoms with van der Waals surface area (Å²) in [5.74, 6) is 1.57. The predicted molar refractivity (Wildman–Crippen MR) is 75.9 cm³/mol. The van der Waals surface area contributed by atoms with Gasteiger partial charge in [-0.05, 0) is 24.3 Å². The summed E-state index contributed by atoms with van der Waals surface area (Å²) in [6, 6.07) is 16.4. The fraction of sp³-hybridized carbons (Fsp3) is 0.0625. The number of benzene rings is 2. The maximum Gasteiger partial charge on any atom is 0.264 e. The standard InChI is InChI=1S/C16H12N2O3/c19-10-12-6-8-14(9-7-12)20-11-15-17-16(18-21-15)13-4-2-1-3-5-13/h1-10H,11H2. The van der Waals surface area contributed by atoms with Crippen LogP contribution in [0, 0.1) is 0 Å². The highest BCUT2D eigenvalue weighted by molar-refractivity contribution is 5.74. The Bertz CT molecular complexity index is 721. The van der Waals surface area contributed by atoms with Crippen LogP contribution in [0.25, 0.3) is 11.4 Å². The normalized spacial score (nSPS) is 10.3. The van der Waals surface area contributed by atoms with Crippen molar-refractivity contribution in [1.29, 1.82) is 0 Å². The minimum absolute atomic E-state index is 0.181. The summed E-state index contributed by atoms with van der Waals surface area (Å²) in [5.41, 5.74) is 1.49. The molecule has 0 saturated carbocycles. The minimum Gasteiger partial charge on any atom is -0.484 e. The van der Waals surface area contributed by atoms with E-state index in [1.807, 2.05) is 30.3 Å². The highest BCUT2D eigenvalue weighted by Crippen LogP contribution is 2.16. The largest absolute Gasteiger partial charge is 0.484 e. The van der Waals surface area contributed by atoms with E-state index >= 15 is 0 Å². The van der Waals surface area contributed by atoms with Gasteiger partial charge < -0.3 is 9.26 Å². The van der Waals surface area contributed by atoms with Crippen LogP contribution in [0.4, 0.5) is 0 Å². The SMILES string of the molecule is O=Cc1ccc(OCc2nc(-c3ccccc3)no2)cc1. The molecule has 2 aromatic carbocycles. The Balaban J connectivity index is 1.66. The number of carbonyl (C=O) groups excluding carboxylic acids is 1. The third-order valence-electron chi connectivity index (χ3n) is 2.88. The fourth-order valence-corrected chi connectivity index (χ4v) is 1.81. The minimum atomic E-state index is 0.181. The summed E-state index contributed by atoms with van der Waals surface area (Å²) in [6.07, 6.45) is 0.786. The van der Waals surface area contributed by atoms with Crippen molar-refractivity contribution in [2.24, 2.45) is 0 Å². The van der Waals surface area contributed by atoms with Crippen LogP contribution in [0.1, 0.15) is 16.2 Å². The van der Waals surface area contributed by atoms with Gasteiger partial charge in [0, 0.05) is 11.1 Å². The summed E-state index contributed by atoms with van der Waals surface area (Å²) in [7, 11) is 0. The number of nitrogens with zero attached hydrogens (tertiary/aromatic N) is 2. The third-order valence-corrected chi connectivity index (χ3v) is 2.88. The molecule has 0 spiro atoms. The maximum absolute atomic E-state index is 10.6. The van der Waals surface area contributed by atoms with E-state index < -0.39 is 0 Å². The van der Waals surface area contributed by atoms with E-state index in [-0.39, 0.29) is 6.61 Å². The van der Waals surface area contributed by atoms with E-state index in [4.69, 9.17) is 9.26 Å². The van der Waals surface area contributed by atoms with Gasteiger partial charge in [-0.1, -0.05) is 35.5 Å². The zero-order valence-electron chi connectivity index (χ0n) is 11.1. The Labute approximate surface area is 121 Å². The van der Waals surface area contributed by atoms with E-state index in [0.717, 1.165) is 11.8 Å². The average Bonchev–Trinajstić information content (AvgIpc) is 3.03. The molecule has 21 heavy (non-hydrogen) atoms. The molecule has 0 radical (unpaired) electrons. The first-order valence-corrected chi connectivity index (χ1v) is 6.41. The number of carbonyl (C=O) groups is 1. The Kier molecular flexibility index (Phi) is 3.73. The molecule has 0 aliphatic heterocycles. The number of aldehydes is 1. The van der Waals surface area contributed by atoms with Gasteiger partial charge in [-0.2, -0.15) is 4.98 Å². The summed E-state index contributed by atoms with van der Waals surface area (Å²) in [6.45, 7) is 0.181. The molecule has 0 aliphatic rings. The predicted octanol–water partition coefficient (Wildman–Crippen LogP) is 3.13. The molecule has 5 heteroatoms. The van der Waals surface area contributed by atoms with Crippen LogP contribution >= 0.6 is 0 Å². The van der Waals surface area contributed by atoms with Gasteiger partial charge in [0.1, 0.15) is 12.0 Å². The maximum atomic E-state index is 10.6. The third kappa shape index (κ3) is 3.14. The van der Waals surface area contributed by atoms with Crippen molar-refractivity contribution in [1.82, 2.24) is 10.1 Å². The van der Waals surface area contributed by atoms with E-state index in [2.05, 4.69) is 10.1 Å². The van der Waals surface area contributed by atoms with Crippen molar-refractivity contribution in [2.45, 2.75) is 6.61 Å². The molecule has 1 aromatic heterocycles. The van der Waals surface area contributed by atoms with Crippen LogP contribution < -0.4 is 4.74 Å². The van der Waals surface area contributed by atoms with E-state index in [1.54, 1.807) is 24.3 Å². The van der Waals surface area contributed by atoms with Crippen molar-refractivity contribution < 1.29 is 14.1 Å². The van der Waals surface area contributed by atoms with Gasteiger partial charge in [-0.15, -0.1) is 0 Å². The van der Waals surface area contributed by atoms with Crippen molar-refractivity contribution in [3.8, 4) is 17.1 Å². The van der Waals surface area contributed by atoms with Crippen molar-refractivity contribution in [2.75, 3.05) is 0 Å². The summed E-state index contributed by atoms with van der Waals surface area (Å²) >= 11 is 0. The number of hydrogen-bond donors (Lipinski definition) is 0.